The van der Waals surface area contributed by atoms with Crippen molar-refractivity contribution < 1.29 is 14.3 Å². The lowest BCUT2D eigenvalue weighted by Crippen LogP contribution is -2.26. The Labute approximate surface area is 418 Å². The number of ether oxygens (including phenoxy) is 1. The van der Waals surface area contributed by atoms with Crippen molar-refractivity contribution in [1.29, 1.82) is 0 Å². The zero-order chi connectivity index (χ0) is 48.2. The molecule has 0 radical (unpaired) electrons. The Morgan fingerprint density at radius 1 is 0.328 bits per heavy atom. The van der Waals surface area contributed by atoms with E-state index in [9.17, 15) is 9.59 Å². The summed E-state index contributed by atoms with van der Waals surface area (Å²) in [6, 6.07) is 5.37. The second-order valence-corrected chi connectivity index (χ2v) is 21.0. The molecular formula is C62H116N2O3. The van der Waals surface area contributed by atoms with Crippen LogP contribution < -0.4 is 15.4 Å². The first kappa shape index (κ1) is 63.0. The van der Waals surface area contributed by atoms with Crippen LogP contribution in [0.25, 0.3) is 0 Å². The van der Waals surface area contributed by atoms with E-state index < -0.39 is 0 Å². The van der Waals surface area contributed by atoms with Crippen molar-refractivity contribution in [1.82, 2.24) is 10.6 Å². The highest BCUT2D eigenvalue weighted by Gasteiger charge is 2.16. The standard InChI is InChI=1S/C62H116N2O3/c1-4-7-10-13-16-18-20-22-24-26-28-30-32-34-36-38-40-42-44-46-49-54-63-61(65)58-52-53-59(60(57-58)67-56-51-48-15-12-9-6-3)62(66)64-55-50-47-45-43-41-39-37-35-33-31-29-27-25-23-21-19-17-14-11-8-5-2/h52-53,57H,4-51,54-56H2,1-3H3,(H,63,65)(H,64,66). The molecule has 2 amide bonds. The van der Waals surface area contributed by atoms with Crippen LogP contribution in [0.3, 0.4) is 0 Å². The van der Waals surface area contributed by atoms with Crippen molar-refractivity contribution in [2.75, 3.05) is 19.7 Å². The van der Waals surface area contributed by atoms with Crippen LogP contribution in [0.15, 0.2) is 18.2 Å². The third kappa shape index (κ3) is 42.6. The molecule has 1 rings (SSSR count). The molecule has 5 nitrogen and oxygen atoms in total. The lowest BCUT2D eigenvalue weighted by atomic mass is 10.0. The predicted molar refractivity (Wildman–Crippen MR) is 295 cm³/mol. The number of hydrogen-bond acceptors (Lipinski definition) is 3. The number of carbonyl (C=O) groups is 2. The molecule has 392 valence electrons. The summed E-state index contributed by atoms with van der Waals surface area (Å²) in [5, 5.41) is 6.28. The summed E-state index contributed by atoms with van der Waals surface area (Å²) in [7, 11) is 0. The van der Waals surface area contributed by atoms with Crippen LogP contribution in [0.5, 0.6) is 5.75 Å². The van der Waals surface area contributed by atoms with Gasteiger partial charge in [0.15, 0.2) is 0 Å². The fourth-order valence-electron chi connectivity index (χ4n) is 9.75. The molecule has 0 atom stereocenters. The van der Waals surface area contributed by atoms with Crippen molar-refractivity contribution in [3.63, 3.8) is 0 Å². The topological polar surface area (TPSA) is 67.4 Å². The first-order valence-electron chi connectivity index (χ1n) is 30.5. The van der Waals surface area contributed by atoms with Gasteiger partial charge in [0, 0.05) is 18.7 Å². The summed E-state index contributed by atoms with van der Waals surface area (Å²) in [6.45, 7) is 8.77. The van der Waals surface area contributed by atoms with Gasteiger partial charge >= 0.3 is 0 Å². The summed E-state index contributed by atoms with van der Waals surface area (Å²) >= 11 is 0. The Bertz CT molecular complexity index is 1190. The largest absolute Gasteiger partial charge is 0.493 e. The first-order valence-corrected chi connectivity index (χ1v) is 30.5. The van der Waals surface area contributed by atoms with Gasteiger partial charge in [0.1, 0.15) is 5.75 Å². The maximum Gasteiger partial charge on any atom is 0.255 e. The third-order valence-corrected chi connectivity index (χ3v) is 14.4. The molecular weight excluding hydrogens is 821 g/mol. The average molecular weight is 938 g/mol. The molecule has 0 aliphatic rings. The van der Waals surface area contributed by atoms with Crippen LogP contribution in [0, 0.1) is 0 Å². The van der Waals surface area contributed by atoms with Crippen molar-refractivity contribution in [2.45, 2.75) is 329 Å². The SMILES string of the molecule is CCCCCCCCCCCCCCCCCCCCCCCNC(=O)c1ccc(C(=O)NCCCCCCCCCCCCCCCCCCCCCCC)c(OCCCCCCCC)c1. The Morgan fingerprint density at radius 3 is 0.881 bits per heavy atom. The smallest absolute Gasteiger partial charge is 0.255 e. The number of hydrogen-bond donors (Lipinski definition) is 2. The van der Waals surface area contributed by atoms with E-state index in [0.29, 0.717) is 36.6 Å². The van der Waals surface area contributed by atoms with Gasteiger partial charge in [0.2, 0.25) is 0 Å². The van der Waals surface area contributed by atoms with E-state index >= 15 is 0 Å². The Morgan fingerprint density at radius 2 is 0.582 bits per heavy atom. The molecule has 0 heterocycles. The Kier molecular flexibility index (Phi) is 48.7. The Balaban J connectivity index is 2.18. The van der Waals surface area contributed by atoms with Crippen LogP contribution in [0.2, 0.25) is 0 Å². The van der Waals surface area contributed by atoms with Crippen LogP contribution >= 0.6 is 0 Å². The normalized spacial score (nSPS) is 11.4. The summed E-state index contributed by atoms with van der Waals surface area (Å²) in [4.78, 5) is 26.5. The summed E-state index contributed by atoms with van der Waals surface area (Å²) in [5.41, 5.74) is 1.11. The maximum atomic E-state index is 13.4. The molecule has 0 spiro atoms. The van der Waals surface area contributed by atoms with Crippen LogP contribution in [-0.2, 0) is 0 Å². The molecule has 1 aromatic rings. The van der Waals surface area contributed by atoms with Gasteiger partial charge in [-0.2, -0.15) is 0 Å². The second kappa shape index (κ2) is 51.8. The third-order valence-electron chi connectivity index (χ3n) is 14.4. The van der Waals surface area contributed by atoms with Gasteiger partial charge in [-0.1, -0.05) is 310 Å². The quantitative estimate of drug-likeness (QED) is 0.0640. The van der Waals surface area contributed by atoms with E-state index in [-0.39, 0.29) is 11.8 Å². The molecule has 0 saturated heterocycles. The van der Waals surface area contributed by atoms with Gasteiger partial charge in [0.25, 0.3) is 11.8 Å². The first-order chi connectivity index (χ1) is 33.1. The van der Waals surface area contributed by atoms with Crippen LogP contribution in [-0.4, -0.2) is 31.5 Å². The van der Waals surface area contributed by atoms with Crippen molar-refractivity contribution in [3.8, 4) is 5.75 Å². The Hall–Kier alpha value is -2.04. The highest BCUT2D eigenvalue weighted by Crippen LogP contribution is 2.23. The molecule has 67 heavy (non-hydrogen) atoms. The fraction of sp³-hybridized carbons (Fsp3) is 0.871. The van der Waals surface area contributed by atoms with Crippen molar-refractivity contribution in [2.24, 2.45) is 0 Å². The van der Waals surface area contributed by atoms with Crippen LogP contribution in [0.4, 0.5) is 0 Å². The summed E-state index contributed by atoms with van der Waals surface area (Å²) in [6.07, 6.45) is 64.7. The van der Waals surface area contributed by atoms with E-state index in [1.165, 1.54) is 270 Å². The van der Waals surface area contributed by atoms with Gasteiger partial charge in [-0.3, -0.25) is 9.59 Å². The molecule has 0 aromatic heterocycles. The minimum Gasteiger partial charge on any atom is -0.493 e. The zero-order valence-corrected chi connectivity index (χ0v) is 45.5. The molecule has 0 aliphatic carbocycles. The van der Waals surface area contributed by atoms with Gasteiger partial charge < -0.3 is 15.4 Å². The number of rotatable bonds is 54. The summed E-state index contributed by atoms with van der Waals surface area (Å²) < 4.78 is 6.22. The van der Waals surface area contributed by atoms with E-state index in [2.05, 4.69) is 31.4 Å². The molecule has 0 unspecified atom stereocenters. The average Bonchev–Trinajstić information content (AvgIpc) is 3.34. The second-order valence-electron chi connectivity index (χ2n) is 21.0. The number of benzene rings is 1. The van der Waals surface area contributed by atoms with Gasteiger partial charge in [0.05, 0.1) is 12.2 Å². The van der Waals surface area contributed by atoms with Crippen LogP contribution in [0.1, 0.15) is 350 Å². The molecule has 0 aliphatic heterocycles. The minimum atomic E-state index is -0.0994. The van der Waals surface area contributed by atoms with E-state index in [0.717, 1.165) is 38.5 Å². The van der Waals surface area contributed by atoms with Crippen molar-refractivity contribution >= 4 is 11.8 Å². The number of amides is 2. The fourth-order valence-corrected chi connectivity index (χ4v) is 9.75. The van der Waals surface area contributed by atoms with E-state index in [1.54, 1.807) is 18.2 Å². The lowest BCUT2D eigenvalue weighted by Gasteiger charge is -2.14. The monoisotopic (exact) mass is 937 g/mol. The highest BCUT2D eigenvalue weighted by molar-refractivity contribution is 6.00. The molecule has 0 saturated carbocycles. The molecule has 1 aromatic carbocycles. The highest BCUT2D eigenvalue weighted by atomic mass is 16.5. The van der Waals surface area contributed by atoms with Gasteiger partial charge in [-0.25, -0.2) is 0 Å². The number of nitrogens with one attached hydrogen (secondary N) is 2. The maximum absolute atomic E-state index is 13.4. The number of carbonyl (C=O) groups excluding carboxylic acids is 2. The van der Waals surface area contributed by atoms with E-state index in [4.69, 9.17) is 4.74 Å². The lowest BCUT2D eigenvalue weighted by molar-refractivity contribution is 0.0937. The zero-order valence-electron chi connectivity index (χ0n) is 45.5. The molecule has 0 fully saturated rings. The minimum absolute atomic E-state index is 0.0795. The number of unbranched alkanes of at least 4 members (excludes halogenated alkanes) is 45. The van der Waals surface area contributed by atoms with Gasteiger partial charge in [-0.15, -0.1) is 0 Å². The van der Waals surface area contributed by atoms with E-state index in [1.807, 2.05) is 0 Å². The van der Waals surface area contributed by atoms with Crippen molar-refractivity contribution in [3.05, 3.63) is 29.3 Å². The van der Waals surface area contributed by atoms with Gasteiger partial charge in [-0.05, 0) is 37.5 Å². The predicted octanol–water partition coefficient (Wildman–Crippen LogP) is 20.3. The molecule has 0 bridgehead atoms. The molecule has 5 heteroatoms. The molecule has 2 N–H and O–H groups in total. The summed E-state index contributed by atoms with van der Waals surface area (Å²) in [5.74, 6) is 0.355.